The zero-order valence-electron chi connectivity index (χ0n) is 16.8. The van der Waals surface area contributed by atoms with Crippen molar-refractivity contribution in [2.75, 3.05) is 11.9 Å². The molecule has 1 unspecified atom stereocenters. The number of nitrogens with zero attached hydrogens (tertiary/aromatic N) is 4. The lowest BCUT2D eigenvalue weighted by Crippen LogP contribution is -2.33. The third-order valence-electron chi connectivity index (χ3n) is 5.45. The van der Waals surface area contributed by atoms with Crippen LogP contribution in [0.2, 0.25) is 0 Å². The van der Waals surface area contributed by atoms with Gasteiger partial charge in [0.1, 0.15) is 24.6 Å². The van der Waals surface area contributed by atoms with Gasteiger partial charge in [-0.2, -0.15) is 0 Å². The number of ether oxygens (including phenoxy) is 1. The van der Waals surface area contributed by atoms with E-state index in [1.165, 1.54) is 18.2 Å². The Morgan fingerprint density at radius 2 is 1.93 bits per heavy atom. The second-order valence-corrected chi connectivity index (χ2v) is 7.59. The van der Waals surface area contributed by atoms with Crippen LogP contribution >= 0.6 is 0 Å². The van der Waals surface area contributed by atoms with Gasteiger partial charge in [0, 0.05) is 6.04 Å². The minimum absolute atomic E-state index is 0.176. The van der Waals surface area contributed by atoms with Crippen LogP contribution in [0.4, 0.5) is 5.82 Å². The summed E-state index contributed by atoms with van der Waals surface area (Å²) >= 11 is 0. The number of nitrogens with one attached hydrogen (secondary N) is 1. The molecule has 160 valence electrons. The number of aromatic nitrogens is 4. The number of rotatable bonds is 8. The van der Waals surface area contributed by atoms with Crippen molar-refractivity contribution in [3.8, 4) is 0 Å². The first-order valence-electron chi connectivity index (χ1n) is 10.2. The summed E-state index contributed by atoms with van der Waals surface area (Å²) in [5.74, 6) is 0.611. The molecule has 0 saturated carbocycles. The molecule has 3 heterocycles. The summed E-state index contributed by atoms with van der Waals surface area (Å²) in [5, 5.41) is 33.2. The van der Waals surface area contributed by atoms with Gasteiger partial charge in [-0.05, 0) is 18.4 Å². The Bertz CT molecular complexity index is 966. The van der Waals surface area contributed by atoms with Gasteiger partial charge in [0.2, 0.25) is 0 Å². The van der Waals surface area contributed by atoms with Crippen molar-refractivity contribution in [2.45, 2.75) is 56.8 Å². The minimum atomic E-state index is -1.20. The second kappa shape index (κ2) is 9.05. The summed E-state index contributed by atoms with van der Waals surface area (Å²) in [6, 6.07) is 10.5. The SMILES string of the molecule is CCCC(Cc1ccccc1)Nc1ncnc2c1ncn2[C@@H]1O[C@H](CO)[C@@H](O)[C@H]1O. The molecule has 5 atom stereocenters. The van der Waals surface area contributed by atoms with Crippen molar-refractivity contribution >= 4 is 17.0 Å². The number of hydrogen-bond donors (Lipinski definition) is 4. The van der Waals surface area contributed by atoms with E-state index in [2.05, 4.69) is 39.3 Å². The molecule has 0 radical (unpaired) electrons. The Morgan fingerprint density at radius 1 is 1.13 bits per heavy atom. The molecule has 0 bridgehead atoms. The van der Waals surface area contributed by atoms with Gasteiger partial charge in [-0.3, -0.25) is 4.57 Å². The number of benzene rings is 1. The molecular weight excluding hydrogens is 386 g/mol. The van der Waals surface area contributed by atoms with E-state index in [9.17, 15) is 15.3 Å². The maximum Gasteiger partial charge on any atom is 0.167 e. The molecule has 1 aromatic carbocycles. The molecule has 4 N–H and O–H groups in total. The lowest BCUT2D eigenvalue weighted by atomic mass is 10.0. The van der Waals surface area contributed by atoms with E-state index in [4.69, 9.17) is 4.74 Å². The van der Waals surface area contributed by atoms with Crippen LogP contribution in [0.15, 0.2) is 43.0 Å². The summed E-state index contributed by atoms with van der Waals surface area (Å²) in [6.07, 6.45) is 1.67. The number of aliphatic hydroxyl groups is 3. The van der Waals surface area contributed by atoms with E-state index in [1.807, 2.05) is 18.2 Å². The third-order valence-corrected chi connectivity index (χ3v) is 5.45. The standard InChI is InChI=1S/C21H27N5O4/c1-2-6-14(9-13-7-4-3-5-8-13)25-19-16-20(23-11-22-19)26(12-24-16)21-18(29)17(28)15(10-27)30-21/h3-5,7-8,11-12,14-15,17-18,21,27-29H,2,6,9-10H2,1H3,(H,22,23,25)/t14?,15-,17-,18-,21-/m1/s1. The maximum atomic E-state index is 10.3. The number of hydrogen-bond acceptors (Lipinski definition) is 8. The van der Waals surface area contributed by atoms with E-state index >= 15 is 0 Å². The zero-order valence-corrected chi connectivity index (χ0v) is 16.8. The summed E-state index contributed by atoms with van der Waals surface area (Å²) in [5.41, 5.74) is 2.28. The highest BCUT2D eigenvalue weighted by molar-refractivity contribution is 5.82. The quantitative estimate of drug-likeness (QED) is 0.435. The molecule has 2 aromatic heterocycles. The molecule has 0 aliphatic carbocycles. The predicted molar refractivity (Wildman–Crippen MR) is 111 cm³/mol. The van der Waals surface area contributed by atoms with Gasteiger partial charge in [0.05, 0.1) is 12.9 Å². The average molecular weight is 413 g/mol. The highest BCUT2D eigenvalue weighted by atomic mass is 16.6. The fourth-order valence-electron chi connectivity index (χ4n) is 3.92. The molecule has 0 amide bonds. The predicted octanol–water partition coefficient (Wildman–Crippen LogP) is 1.26. The number of aliphatic hydroxyl groups excluding tert-OH is 3. The van der Waals surface area contributed by atoms with Gasteiger partial charge in [-0.1, -0.05) is 43.7 Å². The highest BCUT2D eigenvalue weighted by Gasteiger charge is 2.44. The Kier molecular flexibility index (Phi) is 6.24. The van der Waals surface area contributed by atoms with Crippen LogP contribution in [0.3, 0.4) is 0 Å². The average Bonchev–Trinajstić information content (AvgIpc) is 3.31. The van der Waals surface area contributed by atoms with Crippen LogP contribution in [0.5, 0.6) is 0 Å². The molecular formula is C21H27N5O4. The first-order valence-corrected chi connectivity index (χ1v) is 10.2. The molecule has 4 rings (SSSR count). The summed E-state index contributed by atoms with van der Waals surface area (Å²) < 4.78 is 7.19. The third kappa shape index (κ3) is 4.01. The highest BCUT2D eigenvalue weighted by Crippen LogP contribution is 2.32. The first-order chi connectivity index (χ1) is 14.6. The molecule has 9 nitrogen and oxygen atoms in total. The van der Waals surface area contributed by atoms with Crippen molar-refractivity contribution < 1.29 is 20.1 Å². The van der Waals surface area contributed by atoms with E-state index in [0.29, 0.717) is 17.0 Å². The lowest BCUT2D eigenvalue weighted by Gasteiger charge is -2.19. The van der Waals surface area contributed by atoms with Gasteiger partial charge in [-0.15, -0.1) is 0 Å². The van der Waals surface area contributed by atoms with E-state index in [0.717, 1.165) is 19.3 Å². The number of anilines is 1. The second-order valence-electron chi connectivity index (χ2n) is 7.59. The van der Waals surface area contributed by atoms with Crippen molar-refractivity contribution in [3.63, 3.8) is 0 Å². The van der Waals surface area contributed by atoms with Crippen LogP contribution in [0, 0.1) is 0 Å². The largest absolute Gasteiger partial charge is 0.394 e. The fourth-order valence-corrected chi connectivity index (χ4v) is 3.92. The Balaban J connectivity index is 1.60. The van der Waals surface area contributed by atoms with Gasteiger partial charge in [0.15, 0.2) is 23.2 Å². The smallest absolute Gasteiger partial charge is 0.167 e. The molecule has 1 saturated heterocycles. The van der Waals surface area contributed by atoms with Crippen molar-refractivity contribution in [2.24, 2.45) is 0 Å². The van der Waals surface area contributed by atoms with Gasteiger partial charge >= 0.3 is 0 Å². The number of imidazole rings is 1. The summed E-state index contributed by atoms with van der Waals surface area (Å²) in [4.78, 5) is 13.1. The Labute approximate surface area is 174 Å². The summed E-state index contributed by atoms with van der Waals surface area (Å²) in [7, 11) is 0. The van der Waals surface area contributed by atoms with Crippen LogP contribution in [-0.4, -0.2) is 65.8 Å². The minimum Gasteiger partial charge on any atom is -0.394 e. The molecule has 1 aliphatic rings. The molecule has 9 heteroatoms. The molecule has 0 spiro atoms. The Hall–Kier alpha value is -2.59. The summed E-state index contributed by atoms with van der Waals surface area (Å²) in [6.45, 7) is 1.76. The van der Waals surface area contributed by atoms with Crippen molar-refractivity contribution in [3.05, 3.63) is 48.5 Å². The normalized spacial score (nSPS) is 24.9. The van der Waals surface area contributed by atoms with Crippen LogP contribution in [-0.2, 0) is 11.2 Å². The van der Waals surface area contributed by atoms with Crippen LogP contribution in [0.25, 0.3) is 11.2 Å². The topological polar surface area (TPSA) is 126 Å². The Morgan fingerprint density at radius 3 is 2.63 bits per heavy atom. The molecule has 1 aliphatic heterocycles. The zero-order chi connectivity index (χ0) is 21.1. The van der Waals surface area contributed by atoms with Crippen LogP contribution < -0.4 is 5.32 Å². The fraction of sp³-hybridized carbons (Fsp3) is 0.476. The van der Waals surface area contributed by atoms with Gasteiger partial charge in [-0.25, -0.2) is 15.0 Å². The lowest BCUT2D eigenvalue weighted by molar-refractivity contribution is -0.0511. The van der Waals surface area contributed by atoms with E-state index in [-0.39, 0.29) is 12.6 Å². The van der Waals surface area contributed by atoms with E-state index in [1.54, 1.807) is 4.57 Å². The van der Waals surface area contributed by atoms with Crippen LogP contribution in [0.1, 0.15) is 31.6 Å². The van der Waals surface area contributed by atoms with Gasteiger partial charge in [0.25, 0.3) is 0 Å². The monoisotopic (exact) mass is 413 g/mol. The van der Waals surface area contributed by atoms with Crippen molar-refractivity contribution in [1.82, 2.24) is 19.5 Å². The first kappa shape index (κ1) is 20.7. The molecule has 30 heavy (non-hydrogen) atoms. The molecule has 3 aromatic rings. The maximum absolute atomic E-state index is 10.3. The van der Waals surface area contributed by atoms with Gasteiger partial charge < -0.3 is 25.4 Å². The molecule has 1 fully saturated rings. The number of fused-ring (bicyclic) bond motifs is 1. The van der Waals surface area contributed by atoms with Crippen molar-refractivity contribution in [1.29, 1.82) is 0 Å². The van der Waals surface area contributed by atoms with E-state index < -0.39 is 24.5 Å².